The number of carbonyl (C=O) groups is 2. The third-order valence-corrected chi connectivity index (χ3v) is 8.40. The second-order valence-corrected chi connectivity index (χ2v) is 11.3. The largest absolute Gasteiger partial charge is 0.484 e. The summed E-state index contributed by atoms with van der Waals surface area (Å²) in [6.07, 6.45) is 1.11. The van der Waals surface area contributed by atoms with Crippen molar-refractivity contribution in [3.63, 3.8) is 0 Å². The van der Waals surface area contributed by atoms with Gasteiger partial charge < -0.3 is 15.0 Å². The van der Waals surface area contributed by atoms with Crippen LogP contribution in [0.4, 0.5) is 0 Å². The zero-order valence-corrected chi connectivity index (χ0v) is 21.8. The number of fused-ring (bicyclic) bond motifs is 2. The molecule has 1 aliphatic heterocycles. The Morgan fingerprint density at radius 3 is 2.73 bits per heavy atom. The number of carbonyl (C=O) groups excluding carboxylic acids is 2. The molecule has 1 aliphatic carbocycles. The molecule has 0 spiro atoms. The van der Waals surface area contributed by atoms with Crippen LogP contribution in [-0.4, -0.2) is 47.4 Å². The van der Waals surface area contributed by atoms with Crippen LogP contribution < -0.4 is 10.1 Å². The number of likely N-dealkylation sites (tertiary alicyclic amines) is 1. The van der Waals surface area contributed by atoms with Crippen LogP contribution in [0.5, 0.6) is 5.75 Å². The Kier molecular flexibility index (Phi) is 6.16. The minimum absolute atomic E-state index is 0.0190. The smallest absolute Gasteiger partial charge is 0.274 e. The van der Waals surface area contributed by atoms with E-state index in [-0.39, 0.29) is 24.5 Å². The lowest BCUT2D eigenvalue weighted by molar-refractivity contribution is -0.123. The summed E-state index contributed by atoms with van der Waals surface area (Å²) in [5, 5.41) is 6.09. The minimum Gasteiger partial charge on any atom is -0.484 e. The summed E-state index contributed by atoms with van der Waals surface area (Å²) in [7, 11) is 0. The van der Waals surface area contributed by atoms with Crippen LogP contribution in [0.25, 0.3) is 21.2 Å². The molecule has 1 aromatic heterocycles. The zero-order valence-electron chi connectivity index (χ0n) is 20.9. The van der Waals surface area contributed by atoms with Crippen LogP contribution in [0, 0.1) is 25.7 Å². The Balaban J connectivity index is 1.11. The topological polar surface area (TPSA) is 71.5 Å². The first-order chi connectivity index (χ1) is 18.0. The summed E-state index contributed by atoms with van der Waals surface area (Å²) in [4.78, 5) is 33.8. The van der Waals surface area contributed by atoms with Crippen molar-refractivity contribution in [1.82, 2.24) is 15.2 Å². The summed E-state index contributed by atoms with van der Waals surface area (Å²) in [5.41, 5.74) is 2.69. The molecular weight excluding hydrogens is 482 g/mol. The molecule has 188 valence electrons. The van der Waals surface area contributed by atoms with E-state index in [4.69, 9.17) is 4.74 Å². The standard InChI is InChI=1S/C30H29N3O3S/c1-18-6-5-9-22(12-18)29-28(32-19(2)37-29)30(35)33-16-23-14-25(23)26(33)15-31-27(34)17-36-24-11-10-20-7-3-4-8-21(20)13-24/h3-13,23,25-26H,14-17H2,1-2H3,(H,31,34). The number of amides is 2. The molecule has 6 nitrogen and oxygen atoms in total. The fourth-order valence-corrected chi connectivity index (χ4v) is 6.34. The molecule has 3 aromatic carbocycles. The van der Waals surface area contributed by atoms with Crippen molar-refractivity contribution in [1.29, 1.82) is 0 Å². The highest BCUT2D eigenvalue weighted by Gasteiger charge is 2.54. The monoisotopic (exact) mass is 511 g/mol. The number of aromatic nitrogens is 1. The maximum atomic E-state index is 13.7. The van der Waals surface area contributed by atoms with Gasteiger partial charge in [-0.1, -0.05) is 60.2 Å². The van der Waals surface area contributed by atoms with E-state index < -0.39 is 0 Å². The van der Waals surface area contributed by atoms with E-state index >= 15 is 0 Å². The maximum absolute atomic E-state index is 13.7. The Bertz CT molecular complexity index is 1500. The van der Waals surface area contributed by atoms with Gasteiger partial charge in [-0.25, -0.2) is 4.98 Å². The van der Waals surface area contributed by atoms with Gasteiger partial charge in [-0.2, -0.15) is 0 Å². The minimum atomic E-state index is -0.186. The Morgan fingerprint density at radius 1 is 1.05 bits per heavy atom. The number of hydrogen-bond acceptors (Lipinski definition) is 5. The van der Waals surface area contributed by atoms with E-state index in [9.17, 15) is 9.59 Å². The highest BCUT2D eigenvalue weighted by Crippen LogP contribution is 2.50. The first kappa shape index (κ1) is 23.7. The van der Waals surface area contributed by atoms with Crippen LogP contribution >= 0.6 is 11.3 Å². The van der Waals surface area contributed by atoms with Crippen LogP contribution in [-0.2, 0) is 4.79 Å². The first-order valence-electron chi connectivity index (χ1n) is 12.7. The van der Waals surface area contributed by atoms with Crippen LogP contribution in [0.15, 0.2) is 66.7 Å². The van der Waals surface area contributed by atoms with Crippen LogP contribution in [0.2, 0.25) is 0 Å². The van der Waals surface area contributed by atoms with Gasteiger partial charge in [0.2, 0.25) is 0 Å². The van der Waals surface area contributed by atoms with Gasteiger partial charge in [-0.05, 0) is 60.6 Å². The third-order valence-electron chi connectivity index (χ3n) is 7.38. The van der Waals surface area contributed by atoms with Crippen molar-refractivity contribution in [2.75, 3.05) is 19.7 Å². The summed E-state index contributed by atoms with van der Waals surface area (Å²) in [6.45, 7) is 5.08. The van der Waals surface area contributed by atoms with Crippen molar-refractivity contribution in [3.8, 4) is 16.2 Å². The second-order valence-electron chi connectivity index (χ2n) is 10.1. The van der Waals surface area contributed by atoms with Gasteiger partial charge in [-0.3, -0.25) is 9.59 Å². The molecule has 2 fully saturated rings. The van der Waals surface area contributed by atoms with E-state index in [0.717, 1.165) is 44.7 Å². The molecule has 0 radical (unpaired) electrons. The molecule has 7 heteroatoms. The van der Waals surface area contributed by atoms with Crippen molar-refractivity contribution in [3.05, 3.63) is 83.0 Å². The van der Waals surface area contributed by atoms with E-state index in [0.29, 0.717) is 29.8 Å². The molecule has 3 unspecified atom stereocenters. The van der Waals surface area contributed by atoms with Crippen molar-refractivity contribution in [2.45, 2.75) is 26.3 Å². The third kappa shape index (κ3) is 4.83. The van der Waals surface area contributed by atoms with Gasteiger partial charge in [0.25, 0.3) is 11.8 Å². The zero-order chi connectivity index (χ0) is 25.5. The Labute approximate surface area is 220 Å². The summed E-state index contributed by atoms with van der Waals surface area (Å²) in [5.74, 6) is 1.39. The van der Waals surface area contributed by atoms with Crippen molar-refractivity contribution < 1.29 is 14.3 Å². The van der Waals surface area contributed by atoms with E-state index in [1.807, 2.05) is 66.4 Å². The van der Waals surface area contributed by atoms with Gasteiger partial charge in [0, 0.05) is 13.1 Å². The summed E-state index contributed by atoms with van der Waals surface area (Å²) < 4.78 is 5.75. The maximum Gasteiger partial charge on any atom is 0.274 e. The van der Waals surface area contributed by atoms with Crippen molar-refractivity contribution in [2.24, 2.45) is 11.8 Å². The Morgan fingerprint density at radius 2 is 1.89 bits per heavy atom. The lowest BCUT2D eigenvalue weighted by Crippen LogP contribution is -2.46. The molecule has 1 saturated carbocycles. The number of piperidine rings is 1. The van der Waals surface area contributed by atoms with Gasteiger partial charge in [0.1, 0.15) is 11.4 Å². The fraction of sp³-hybridized carbons (Fsp3) is 0.300. The second kappa shape index (κ2) is 9.63. The van der Waals surface area contributed by atoms with Crippen LogP contribution in [0.1, 0.15) is 27.5 Å². The molecule has 2 heterocycles. The fourth-order valence-electron chi connectivity index (χ4n) is 5.43. The number of benzene rings is 3. The van der Waals surface area contributed by atoms with Gasteiger partial charge in [-0.15, -0.1) is 11.3 Å². The molecule has 1 N–H and O–H groups in total. The van der Waals surface area contributed by atoms with E-state index in [2.05, 4.69) is 29.4 Å². The molecule has 3 atom stereocenters. The van der Waals surface area contributed by atoms with Crippen LogP contribution in [0.3, 0.4) is 0 Å². The van der Waals surface area contributed by atoms with Gasteiger partial charge in [0.15, 0.2) is 6.61 Å². The molecule has 37 heavy (non-hydrogen) atoms. The molecule has 2 amide bonds. The average molecular weight is 512 g/mol. The highest BCUT2D eigenvalue weighted by atomic mass is 32.1. The molecule has 1 saturated heterocycles. The number of rotatable bonds is 7. The number of ether oxygens (including phenoxy) is 1. The number of nitrogens with zero attached hydrogens (tertiary/aromatic N) is 2. The molecule has 2 aliphatic rings. The van der Waals surface area contributed by atoms with Gasteiger partial charge >= 0.3 is 0 Å². The number of hydrogen-bond donors (Lipinski definition) is 1. The average Bonchev–Trinajstić information content (AvgIpc) is 3.41. The lowest BCUT2D eigenvalue weighted by Gasteiger charge is -2.27. The molecule has 4 aromatic rings. The first-order valence-corrected chi connectivity index (χ1v) is 13.5. The van der Waals surface area contributed by atoms with Crippen molar-refractivity contribution >= 4 is 33.9 Å². The quantitative estimate of drug-likeness (QED) is 0.369. The predicted molar refractivity (Wildman–Crippen MR) is 146 cm³/mol. The number of thiazole rings is 1. The Hall–Kier alpha value is -3.71. The number of aryl methyl sites for hydroxylation is 2. The summed E-state index contributed by atoms with van der Waals surface area (Å²) in [6, 6.07) is 22.0. The number of nitrogens with one attached hydrogen (secondary N) is 1. The predicted octanol–water partition coefficient (Wildman–Crippen LogP) is 5.24. The lowest BCUT2D eigenvalue weighted by atomic mass is 10.1. The van der Waals surface area contributed by atoms with E-state index in [1.165, 1.54) is 0 Å². The molecular formula is C30H29N3O3S. The van der Waals surface area contributed by atoms with Gasteiger partial charge in [0.05, 0.1) is 15.9 Å². The molecule has 6 rings (SSSR count). The van der Waals surface area contributed by atoms with E-state index in [1.54, 1.807) is 11.3 Å². The molecule has 0 bridgehead atoms. The summed E-state index contributed by atoms with van der Waals surface area (Å²) >= 11 is 1.55. The highest BCUT2D eigenvalue weighted by molar-refractivity contribution is 7.15. The normalized spacial score (nSPS) is 20.1. The SMILES string of the molecule is Cc1cccc(-c2sc(C)nc2C(=O)N2CC3CC3C2CNC(=O)COc2ccc3ccccc3c2)c1.